The van der Waals surface area contributed by atoms with Gasteiger partial charge in [0, 0.05) is 0 Å². The minimum atomic E-state index is -3.20. The van der Waals surface area contributed by atoms with Crippen molar-refractivity contribution >= 4 is 9.84 Å². The van der Waals surface area contributed by atoms with Gasteiger partial charge in [-0.25, -0.2) is 8.42 Å². The monoisotopic (exact) mass is 166 g/mol. The molecule has 0 aromatic heterocycles. The van der Waals surface area contributed by atoms with E-state index in [9.17, 15) is 8.42 Å². The van der Waals surface area contributed by atoms with Crippen LogP contribution in [-0.2, 0) is 9.84 Å². The van der Waals surface area contributed by atoms with Gasteiger partial charge in [0.1, 0.15) is 5.60 Å². The van der Waals surface area contributed by atoms with Crippen LogP contribution in [0.5, 0.6) is 0 Å². The lowest BCUT2D eigenvalue weighted by Gasteiger charge is -2.17. The average molecular weight is 166 g/mol. The molecule has 0 spiro atoms. The molecule has 0 radical (unpaired) electrons. The van der Waals surface area contributed by atoms with Crippen LogP contribution in [0.1, 0.15) is 6.92 Å². The first-order valence-electron chi connectivity index (χ1n) is 2.94. The van der Waals surface area contributed by atoms with Gasteiger partial charge in [-0.3, -0.25) is 0 Å². The summed E-state index contributed by atoms with van der Waals surface area (Å²) in [6.45, 7) is 1.32. The predicted octanol–water partition coefficient (Wildman–Crippen LogP) is -1.47. The zero-order valence-electron chi connectivity index (χ0n) is 5.61. The van der Waals surface area contributed by atoms with Crippen molar-refractivity contribution in [2.75, 3.05) is 11.5 Å². The highest BCUT2D eigenvalue weighted by Gasteiger charge is 2.44. The van der Waals surface area contributed by atoms with E-state index in [0.717, 1.165) is 0 Å². The maximum atomic E-state index is 10.7. The molecular formula is C5H10O4S. The Balaban J connectivity index is 2.92. The van der Waals surface area contributed by atoms with E-state index < -0.39 is 21.5 Å². The molecule has 0 aliphatic carbocycles. The summed E-state index contributed by atoms with van der Waals surface area (Å²) in [5.74, 6) is -0.652. The molecule has 2 N–H and O–H groups in total. The van der Waals surface area contributed by atoms with Crippen LogP contribution in [0.3, 0.4) is 0 Å². The van der Waals surface area contributed by atoms with Gasteiger partial charge in [-0.05, 0) is 6.92 Å². The Hall–Kier alpha value is -0.130. The molecule has 0 unspecified atom stereocenters. The summed E-state index contributed by atoms with van der Waals surface area (Å²) in [5, 5.41) is 18.1. The maximum absolute atomic E-state index is 10.7. The van der Waals surface area contributed by atoms with E-state index in [0.29, 0.717) is 0 Å². The van der Waals surface area contributed by atoms with Crippen molar-refractivity contribution in [2.24, 2.45) is 0 Å². The first-order valence-corrected chi connectivity index (χ1v) is 4.76. The highest BCUT2D eigenvalue weighted by atomic mass is 32.2. The van der Waals surface area contributed by atoms with E-state index in [-0.39, 0.29) is 11.5 Å². The fourth-order valence-corrected chi connectivity index (χ4v) is 3.06. The van der Waals surface area contributed by atoms with Gasteiger partial charge in [-0.1, -0.05) is 0 Å². The average Bonchev–Trinajstić information content (AvgIpc) is 1.73. The third-order valence-corrected chi connectivity index (χ3v) is 3.49. The fraction of sp³-hybridized carbons (Fsp3) is 1.00. The number of aliphatic hydroxyl groups excluding tert-OH is 1. The fourth-order valence-electron chi connectivity index (χ4n) is 1.02. The van der Waals surface area contributed by atoms with Gasteiger partial charge in [0.2, 0.25) is 0 Å². The van der Waals surface area contributed by atoms with Gasteiger partial charge in [0.25, 0.3) is 0 Å². The first kappa shape index (κ1) is 7.97. The molecule has 1 saturated heterocycles. The minimum absolute atomic E-state index is 0.319. The maximum Gasteiger partial charge on any atom is 0.155 e. The van der Waals surface area contributed by atoms with Gasteiger partial charge in [0.15, 0.2) is 9.84 Å². The largest absolute Gasteiger partial charge is 0.389 e. The third kappa shape index (κ3) is 1.31. The molecule has 1 rings (SSSR count). The molecule has 0 amide bonds. The van der Waals surface area contributed by atoms with Crippen LogP contribution >= 0.6 is 0 Å². The lowest BCUT2D eigenvalue weighted by atomic mass is 10.0. The van der Waals surface area contributed by atoms with E-state index >= 15 is 0 Å². The molecular weight excluding hydrogens is 156 g/mol. The molecule has 60 valence electrons. The van der Waals surface area contributed by atoms with Gasteiger partial charge < -0.3 is 10.2 Å². The molecule has 4 nitrogen and oxygen atoms in total. The van der Waals surface area contributed by atoms with E-state index in [2.05, 4.69) is 0 Å². The highest BCUT2D eigenvalue weighted by molar-refractivity contribution is 7.91. The summed E-state index contributed by atoms with van der Waals surface area (Å²) in [5.41, 5.74) is -1.45. The van der Waals surface area contributed by atoms with Gasteiger partial charge in [-0.2, -0.15) is 0 Å². The van der Waals surface area contributed by atoms with Crippen LogP contribution < -0.4 is 0 Å². The summed E-state index contributed by atoms with van der Waals surface area (Å²) in [6.07, 6.45) is -1.13. The number of hydrogen-bond donors (Lipinski definition) is 2. The summed E-state index contributed by atoms with van der Waals surface area (Å²) in [7, 11) is -3.20. The molecule has 10 heavy (non-hydrogen) atoms. The number of aliphatic hydroxyl groups is 2. The molecule has 1 aliphatic heterocycles. The second kappa shape index (κ2) is 1.93. The summed E-state index contributed by atoms with van der Waals surface area (Å²) in [6, 6.07) is 0. The van der Waals surface area contributed by atoms with Crippen molar-refractivity contribution < 1.29 is 18.6 Å². The van der Waals surface area contributed by atoms with E-state index in [1.807, 2.05) is 0 Å². The molecule has 0 aromatic rings. The Labute approximate surface area is 59.4 Å². The van der Waals surface area contributed by atoms with Crippen LogP contribution in [0.25, 0.3) is 0 Å². The Bertz CT molecular complexity index is 228. The molecule has 5 heteroatoms. The Morgan fingerprint density at radius 2 is 2.10 bits per heavy atom. The molecule has 1 aliphatic rings. The second-order valence-electron chi connectivity index (χ2n) is 2.93. The second-order valence-corrected chi connectivity index (χ2v) is 5.04. The zero-order chi connectivity index (χ0) is 7.99. The van der Waals surface area contributed by atoms with E-state index in [4.69, 9.17) is 10.2 Å². The van der Waals surface area contributed by atoms with Crippen molar-refractivity contribution in [3.63, 3.8) is 0 Å². The minimum Gasteiger partial charge on any atom is -0.389 e. The van der Waals surface area contributed by atoms with Crippen molar-refractivity contribution in [3.05, 3.63) is 0 Å². The first-order chi connectivity index (χ1) is 4.33. The van der Waals surface area contributed by atoms with Crippen LogP contribution in [0.15, 0.2) is 0 Å². The molecule has 1 heterocycles. The smallest absolute Gasteiger partial charge is 0.155 e. The standard InChI is InChI=1S/C5H10O4S/c1-5(7)3-10(8,9)2-4(5)6/h4,6-7H,2-3H2,1H3/t4-,5-/m0/s1. The lowest BCUT2D eigenvalue weighted by Crippen LogP contribution is -2.37. The lowest BCUT2D eigenvalue weighted by molar-refractivity contribution is -0.0241. The number of sulfone groups is 1. The molecule has 0 saturated carbocycles. The number of hydrogen-bond acceptors (Lipinski definition) is 4. The van der Waals surface area contributed by atoms with Crippen LogP contribution in [0, 0.1) is 0 Å². The van der Waals surface area contributed by atoms with E-state index in [1.165, 1.54) is 6.92 Å². The SMILES string of the molecule is C[C@]1(O)CS(=O)(=O)C[C@@H]1O. The van der Waals surface area contributed by atoms with Crippen molar-refractivity contribution in [1.29, 1.82) is 0 Å². The normalized spacial score (nSPS) is 45.7. The molecule has 1 fully saturated rings. The van der Waals surface area contributed by atoms with Crippen molar-refractivity contribution in [1.82, 2.24) is 0 Å². The summed E-state index contributed by atoms with van der Waals surface area (Å²) in [4.78, 5) is 0. The highest BCUT2D eigenvalue weighted by Crippen LogP contribution is 2.22. The van der Waals surface area contributed by atoms with Gasteiger partial charge in [0.05, 0.1) is 17.6 Å². The summed E-state index contributed by atoms with van der Waals surface area (Å²) >= 11 is 0. The molecule has 0 aromatic carbocycles. The third-order valence-electron chi connectivity index (χ3n) is 1.64. The Morgan fingerprint density at radius 3 is 2.20 bits per heavy atom. The topological polar surface area (TPSA) is 74.6 Å². The van der Waals surface area contributed by atoms with Gasteiger partial charge in [-0.15, -0.1) is 0 Å². The Kier molecular flexibility index (Phi) is 1.54. The van der Waals surface area contributed by atoms with Gasteiger partial charge >= 0.3 is 0 Å². The summed E-state index contributed by atoms with van der Waals surface area (Å²) < 4.78 is 21.5. The zero-order valence-corrected chi connectivity index (χ0v) is 6.43. The van der Waals surface area contributed by atoms with E-state index in [1.54, 1.807) is 0 Å². The molecule has 0 bridgehead atoms. The predicted molar refractivity (Wildman–Crippen MR) is 35.3 cm³/mol. The van der Waals surface area contributed by atoms with Crippen molar-refractivity contribution in [2.45, 2.75) is 18.6 Å². The number of rotatable bonds is 0. The molecule has 2 atom stereocenters. The van der Waals surface area contributed by atoms with Crippen LogP contribution in [0.4, 0.5) is 0 Å². The van der Waals surface area contributed by atoms with Crippen LogP contribution in [-0.4, -0.2) is 41.8 Å². The van der Waals surface area contributed by atoms with Crippen molar-refractivity contribution in [3.8, 4) is 0 Å². The Morgan fingerprint density at radius 1 is 1.60 bits per heavy atom. The quantitative estimate of drug-likeness (QED) is 0.460. The van der Waals surface area contributed by atoms with Crippen LogP contribution in [0.2, 0.25) is 0 Å².